The Balaban J connectivity index is 1.44. The van der Waals surface area contributed by atoms with Crippen molar-refractivity contribution >= 4 is 6.09 Å². The van der Waals surface area contributed by atoms with Crippen molar-refractivity contribution < 1.29 is 19.0 Å². The first-order valence-corrected chi connectivity index (χ1v) is 10.6. The van der Waals surface area contributed by atoms with E-state index in [0.717, 1.165) is 38.4 Å². The highest BCUT2D eigenvalue weighted by molar-refractivity contribution is 5.67. The van der Waals surface area contributed by atoms with Gasteiger partial charge >= 0.3 is 6.09 Å². The van der Waals surface area contributed by atoms with Crippen molar-refractivity contribution in [3.05, 3.63) is 35.9 Å². The van der Waals surface area contributed by atoms with Crippen molar-refractivity contribution in [3.63, 3.8) is 0 Å². The van der Waals surface area contributed by atoms with E-state index in [0.29, 0.717) is 26.3 Å². The van der Waals surface area contributed by atoms with Crippen LogP contribution in [0.5, 0.6) is 0 Å². The number of nitrogens with one attached hydrogen (secondary N) is 1. The van der Waals surface area contributed by atoms with Crippen LogP contribution in [-0.2, 0) is 20.8 Å². The van der Waals surface area contributed by atoms with Gasteiger partial charge in [0.2, 0.25) is 0 Å². The standard InChI is InChI=1S/C22H35N3O4/c1-18(23-17-22(2,3)25-10-12-27-13-11-25)20-15-24(9-14-28-20)21(26)29-16-19-7-5-4-6-8-19/h4-8,18,20,23H,9-17H2,1-3H3/t18-,20-/m0/s1. The molecule has 1 N–H and O–H groups in total. The van der Waals surface area contributed by atoms with Crippen molar-refractivity contribution in [2.45, 2.75) is 45.1 Å². The molecule has 1 amide bonds. The first-order valence-electron chi connectivity index (χ1n) is 10.6. The average Bonchev–Trinajstić information content (AvgIpc) is 2.77. The first-order chi connectivity index (χ1) is 14.0. The predicted octanol–water partition coefficient (Wildman–Crippen LogP) is 2.11. The summed E-state index contributed by atoms with van der Waals surface area (Å²) >= 11 is 0. The van der Waals surface area contributed by atoms with Crippen LogP contribution >= 0.6 is 0 Å². The fourth-order valence-corrected chi connectivity index (χ4v) is 3.78. The van der Waals surface area contributed by atoms with Gasteiger partial charge in [-0.15, -0.1) is 0 Å². The molecule has 2 saturated heterocycles. The van der Waals surface area contributed by atoms with Crippen LogP contribution in [-0.4, -0.2) is 86.1 Å². The quantitative estimate of drug-likeness (QED) is 0.750. The second kappa shape index (κ2) is 10.4. The molecule has 0 aromatic heterocycles. The number of ether oxygens (including phenoxy) is 3. The topological polar surface area (TPSA) is 63.3 Å². The van der Waals surface area contributed by atoms with Crippen LogP contribution in [0.2, 0.25) is 0 Å². The summed E-state index contributed by atoms with van der Waals surface area (Å²) in [6.45, 7) is 12.9. The van der Waals surface area contributed by atoms with Crippen LogP contribution in [0.3, 0.4) is 0 Å². The zero-order chi connectivity index (χ0) is 20.7. The van der Waals surface area contributed by atoms with E-state index in [1.807, 2.05) is 30.3 Å². The summed E-state index contributed by atoms with van der Waals surface area (Å²) in [7, 11) is 0. The highest BCUT2D eigenvalue weighted by atomic mass is 16.6. The lowest BCUT2D eigenvalue weighted by atomic mass is 10.0. The van der Waals surface area contributed by atoms with Crippen molar-refractivity contribution in [1.29, 1.82) is 0 Å². The van der Waals surface area contributed by atoms with E-state index >= 15 is 0 Å². The molecule has 0 unspecified atom stereocenters. The molecule has 2 fully saturated rings. The monoisotopic (exact) mass is 405 g/mol. The molecule has 2 atom stereocenters. The number of rotatable bonds is 7. The third-order valence-electron chi connectivity index (χ3n) is 5.84. The molecule has 3 rings (SSSR count). The Labute approximate surface area is 174 Å². The number of hydrogen-bond donors (Lipinski definition) is 1. The fraction of sp³-hybridized carbons (Fsp3) is 0.682. The third kappa shape index (κ3) is 6.40. The highest BCUT2D eigenvalue weighted by Gasteiger charge is 2.32. The Hall–Kier alpha value is -1.67. The summed E-state index contributed by atoms with van der Waals surface area (Å²) < 4.78 is 16.9. The number of carbonyl (C=O) groups is 1. The molecular weight excluding hydrogens is 370 g/mol. The van der Waals surface area contributed by atoms with Crippen LogP contribution < -0.4 is 5.32 Å². The lowest BCUT2D eigenvalue weighted by molar-refractivity contribution is -0.0462. The Morgan fingerprint density at radius 1 is 1.21 bits per heavy atom. The van der Waals surface area contributed by atoms with E-state index in [-0.39, 0.29) is 23.8 Å². The second-order valence-corrected chi connectivity index (χ2v) is 8.48. The summed E-state index contributed by atoms with van der Waals surface area (Å²) in [5.41, 5.74) is 1.03. The number of carbonyl (C=O) groups excluding carboxylic acids is 1. The number of nitrogens with zero attached hydrogens (tertiary/aromatic N) is 2. The highest BCUT2D eigenvalue weighted by Crippen LogP contribution is 2.17. The zero-order valence-corrected chi connectivity index (χ0v) is 17.9. The maximum absolute atomic E-state index is 12.5. The Morgan fingerprint density at radius 3 is 2.66 bits per heavy atom. The minimum absolute atomic E-state index is 0.0427. The van der Waals surface area contributed by atoms with E-state index in [9.17, 15) is 4.79 Å². The second-order valence-electron chi connectivity index (χ2n) is 8.48. The molecule has 2 heterocycles. The van der Waals surface area contributed by atoms with Gasteiger partial charge in [-0.1, -0.05) is 30.3 Å². The van der Waals surface area contributed by atoms with Gasteiger partial charge in [0, 0.05) is 37.8 Å². The molecule has 0 spiro atoms. The van der Waals surface area contributed by atoms with Gasteiger partial charge in [-0.25, -0.2) is 4.79 Å². The van der Waals surface area contributed by atoms with Crippen molar-refractivity contribution in [3.8, 4) is 0 Å². The van der Waals surface area contributed by atoms with E-state index in [1.54, 1.807) is 4.90 Å². The molecule has 0 bridgehead atoms. The Kier molecular flexibility index (Phi) is 7.89. The number of morpholine rings is 2. The summed E-state index contributed by atoms with van der Waals surface area (Å²) in [6, 6.07) is 9.89. The molecule has 2 aliphatic rings. The maximum atomic E-state index is 12.5. The van der Waals surface area contributed by atoms with Gasteiger partial charge in [-0.3, -0.25) is 4.90 Å². The van der Waals surface area contributed by atoms with E-state index < -0.39 is 0 Å². The molecule has 2 aliphatic heterocycles. The van der Waals surface area contributed by atoms with Gasteiger partial charge in [0.15, 0.2) is 0 Å². The molecule has 162 valence electrons. The fourth-order valence-electron chi connectivity index (χ4n) is 3.78. The summed E-state index contributed by atoms with van der Waals surface area (Å²) in [4.78, 5) is 16.7. The van der Waals surface area contributed by atoms with Crippen molar-refractivity contribution in [2.24, 2.45) is 0 Å². The molecule has 7 heteroatoms. The number of hydrogen-bond acceptors (Lipinski definition) is 6. The SMILES string of the molecule is C[C@H](NCC(C)(C)N1CCOCC1)[C@@H]1CN(C(=O)OCc2ccccc2)CCO1. The van der Waals surface area contributed by atoms with Gasteiger partial charge in [0.1, 0.15) is 6.61 Å². The van der Waals surface area contributed by atoms with E-state index in [1.165, 1.54) is 0 Å². The Bertz CT molecular complexity index is 634. The third-order valence-corrected chi connectivity index (χ3v) is 5.84. The van der Waals surface area contributed by atoms with Crippen molar-refractivity contribution in [2.75, 3.05) is 52.5 Å². The lowest BCUT2D eigenvalue weighted by Gasteiger charge is -2.42. The molecule has 1 aromatic rings. The molecule has 0 aliphatic carbocycles. The number of benzene rings is 1. The Morgan fingerprint density at radius 2 is 1.93 bits per heavy atom. The predicted molar refractivity (Wildman–Crippen MR) is 112 cm³/mol. The molecule has 0 saturated carbocycles. The largest absolute Gasteiger partial charge is 0.445 e. The summed E-state index contributed by atoms with van der Waals surface area (Å²) in [5, 5.41) is 3.62. The van der Waals surface area contributed by atoms with Gasteiger partial charge < -0.3 is 24.4 Å². The van der Waals surface area contributed by atoms with Crippen LogP contribution in [0.1, 0.15) is 26.3 Å². The van der Waals surface area contributed by atoms with Crippen LogP contribution in [0.25, 0.3) is 0 Å². The summed E-state index contributed by atoms with van der Waals surface area (Å²) in [5.74, 6) is 0. The smallest absolute Gasteiger partial charge is 0.410 e. The van der Waals surface area contributed by atoms with Crippen LogP contribution in [0.4, 0.5) is 4.79 Å². The average molecular weight is 406 g/mol. The lowest BCUT2D eigenvalue weighted by Crippen LogP contribution is -2.58. The minimum atomic E-state index is -0.275. The number of amides is 1. The van der Waals surface area contributed by atoms with Gasteiger partial charge in [-0.05, 0) is 26.3 Å². The van der Waals surface area contributed by atoms with E-state index in [2.05, 4.69) is 31.0 Å². The van der Waals surface area contributed by atoms with Gasteiger partial charge in [-0.2, -0.15) is 0 Å². The zero-order valence-electron chi connectivity index (χ0n) is 17.9. The van der Waals surface area contributed by atoms with Crippen molar-refractivity contribution in [1.82, 2.24) is 15.1 Å². The summed E-state index contributed by atoms with van der Waals surface area (Å²) in [6.07, 6.45) is -0.323. The molecule has 1 aromatic carbocycles. The molecular formula is C22H35N3O4. The molecule has 7 nitrogen and oxygen atoms in total. The normalized spacial score (nSPS) is 22.3. The first kappa shape index (κ1) is 22.0. The molecule has 0 radical (unpaired) electrons. The van der Waals surface area contributed by atoms with Gasteiger partial charge in [0.05, 0.1) is 32.5 Å². The maximum Gasteiger partial charge on any atom is 0.410 e. The minimum Gasteiger partial charge on any atom is -0.445 e. The van der Waals surface area contributed by atoms with E-state index in [4.69, 9.17) is 14.2 Å². The van der Waals surface area contributed by atoms with Crippen LogP contribution in [0.15, 0.2) is 30.3 Å². The molecule has 29 heavy (non-hydrogen) atoms. The van der Waals surface area contributed by atoms with Crippen LogP contribution in [0, 0.1) is 0 Å². The van der Waals surface area contributed by atoms with Gasteiger partial charge in [0.25, 0.3) is 0 Å².